The molecule has 0 radical (unpaired) electrons. The van der Waals surface area contributed by atoms with Crippen molar-refractivity contribution in [2.75, 3.05) is 39.8 Å². The molecule has 2 bridgehead atoms. The molecule has 5 nitrogen and oxygen atoms in total. The van der Waals surface area contributed by atoms with Crippen LogP contribution in [0.5, 0.6) is 0 Å². The number of rotatable bonds is 5. The van der Waals surface area contributed by atoms with Gasteiger partial charge in [-0.2, -0.15) is 0 Å². The quantitative estimate of drug-likeness (QED) is 0.611. The van der Waals surface area contributed by atoms with Gasteiger partial charge in [-0.3, -0.25) is 4.99 Å². The average molecular weight is 349 g/mol. The van der Waals surface area contributed by atoms with Gasteiger partial charge in [-0.05, 0) is 39.7 Å². The van der Waals surface area contributed by atoms with Crippen molar-refractivity contribution in [1.29, 1.82) is 0 Å². The van der Waals surface area contributed by atoms with Crippen molar-refractivity contribution in [3.63, 3.8) is 0 Å². The first-order valence-corrected chi connectivity index (χ1v) is 10.6. The normalized spacial score (nSPS) is 35.6. The molecule has 0 aromatic rings. The summed E-state index contributed by atoms with van der Waals surface area (Å²) in [6.07, 6.45) is 10.6. The molecule has 4 unspecified atom stereocenters. The van der Waals surface area contributed by atoms with Crippen molar-refractivity contribution in [3.05, 3.63) is 0 Å². The number of aliphatic imine (C=N–C) groups is 1. The van der Waals surface area contributed by atoms with Gasteiger partial charge in [-0.1, -0.05) is 19.3 Å². The third-order valence-electron chi connectivity index (χ3n) is 7.00. The highest BCUT2D eigenvalue weighted by atomic mass is 16.5. The third kappa shape index (κ3) is 3.68. The van der Waals surface area contributed by atoms with Crippen LogP contribution in [0.4, 0.5) is 0 Å². The Morgan fingerprint density at radius 1 is 1.08 bits per heavy atom. The standard InChI is InChI=1S/C20H36N4O/c1-3-21-20(22-11-12-23(2)15-7-5-4-6-8-15)24-13-16-17(14-24)19-10-9-18(16)25-19/h15-19H,3-14H2,1-2H3,(H,21,22). The fraction of sp³-hybridized carbons (Fsp3) is 0.950. The van der Waals surface area contributed by atoms with Gasteiger partial charge in [0.2, 0.25) is 0 Å². The van der Waals surface area contributed by atoms with Crippen LogP contribution in [-0.4, -0.2) is 73.8 Å². The van der Waals surface area contributed by atoms with Crippen LogP contribution in [0.25, 0.3) is 0 Å². The summed E-state index contributed by atoms with van der Waals surface area (Å²) in [6, 6.07) is 0.783. The Kier molecular flexibility index (Phi) is 5.51. The summed E-state index contributed by atoms with van der Waals surface area (Å²) in [6.45, 7) is 7.38. The molecule has 5 heteroatoms. The highest BCUT2D eigenvalue weighted by molar-refractivity contribution is 5.80. The number of fused-ring (bicyclic) bond motifs is 5. The van der Waals surface area contributed by atoms with Gasteiger partial charge in [0.25, 0.3) is 0 Å². The van der Waals surface area contributed by atoms with Gasteiger partial charge >= 0.3 is 0 Å². The number of nitrogens with one attached hydrogen (secondary N) is 1. The molecule has 3 aliphatic heterocycles. The minimum absolute atomic E-state index is 0.528. The molecular weight excluding hydrogens is 312 g/mol. The molecule has 0 aromatic carbocycles. The largest absolute Gasteiger partial charge is 0.374 e. The van der Waals surface area contributed by atoms with Crippen LogP contribution in [0.3, 0.4) is 0 Å². The maximum absolute atomic E-state index is 6.11. The van der Waals surface area contributed by atoms with E-state index in [-0.39, 0.29) is 0 Å². The number of ether oxygens (including phenoxy) is 1. The Labute approximate surface area is 153 Å². The summed E-state index contributed by atoms with van der Waals surface area (Å²) >= 11 is 0. The number of nitrogens with zero attached hydrogens (tertiary/aromatic N) is 3. The minimum atomic E-state index is 0.528. The summed E-state index contributed by atoms with van der Waals surface area (Å²) in [5.41, 5.74) is 0. The van der Waals surface area contributed by atoms with E-state index in [4.69, 9.17) is 9.73 Å². The SMILES string of the molecule is CCNC(=NCCN(C)C1CCCCC1)N1CC2C3CCC(O3)C2C1. The van der Waals surface area contributed by atoms with Crippen molar-refractivity contribution >= 4 is 5.96 Å². The summed E-state index contributed by atoms with van der Waals surface area (Å²) in [7, 11) is 2.29. The fourth-order valence-electron chi connectivity index (χ4n) is 5.58. The molecule has 1 aliphatic carbocycles. The first-order chi connectivity index (χ1) is 12.3. The van der Waals surface area contributed by atoms with Gasteiger partial charge < -0.3 is 19.9 Å². The van der Waals surface area contributed by atoms with Gasteiger partial charge in [0.1, 0.15) is 0 Å². The molecule has 142 valence electrons. The van der Waals surface area contributed by atoms with Gasteiger partial charge in [-0.25, -0.2) is 0 Å². The van der Waals surface area contributed by atoms with Gasteiger partial charge in [0, 0.05) is 44.1 Å². The second-order valence-electron chi connectivity index (χ2n) is 8.53. The van der Waals surface area contributed by atoms with E-state index in [1.165, 1.54) is 44.9 Å². The minimum Gasteiger partial charge on any atom is -0.374 e. The monoisotopic (exact) mass is 348 g/mol. The fourth-order valence-corrected chi connectivity index (χ4v) is 5.58. The number of hydrogen-bond acceptors (Lipinski definition) is 3. The van der Waals surface area contributed by atoms with E-state index in [1.54, 1.807) is 0 Å². The Bertz CT molecular complexity index is 458. The summed E-state index contributed by atoms with van der Waals surface area (Å²) in [5.74, 6) is 2.62. The van der Waals surface area contributed by atoms with E-state index < -0.39 is 0 Å². The van der Waals surface area contributed by atoms with E-state index in [2.05, 4.69) is 29.1 Å². The van der Waals surface area contributed by atoms with Crippen molar-refractivity contribution in [1.82, 2.24) is 15.1 Å². The molecule has 0 spiro atoms. The van der Waals surface area contributed by atoms with Crippen LogP contribution in [0.15, 0.2) is 4.99 Å². The van der Waals surface area contributed by atoms with E-state index in [1.807, 2.05) is 0 Å². The molecule has 0 aromatic heterocycles. The van der Waals surface area contributed by atoms with Crippen LogP contribution in [0.1, 0.15) is 51.9 Å². The lowest BCUT2D eigenvalue weighted by molar-refractivity contribution is 0.0767. The predicted octanol–water partition coefficient (Wildman–Crippen LogP) is 2.33. The molecule has 3 saturated heterocycles. The van der Waals surface area contributed by atoms with Crippen LogP contribution in [0.2, 0.25) is 0 Å². The average Bonchev–Trinajstić information content (AvgIpc) is 3.34. The Morgan fingerprint density at radius 3 is 2.40 bits per heavy atom. The van der Waals surface area contributed by atoms with E-state index in [0.717, 1.165) is 56.6 Å². The number of likely N-dealkylation sites (tertiary alicyclic amines) is 1. The topological polar surface area (TPSA) is 40.1 Å². The lowest BCUT2D eigenvalue weighted by Crippen LogP contribution is -2.42. The zero-order chi connectivity index (χ0) is 17.2. The summed E-state index contributed by atoms with van der Waals surface area (Å²) in [5, 5.41) is 3.53. The van der Waals surface area contributed by atoms with Gasteiger partial charge in [-0.15, -0.1) is 0 Å². The molecule has 3 heterocycles. The van der Waals surface area contributed by atoms with Crippen LogP contribution >= 0.6 is 0 Å². The first kappa shape index (κ1) is 17.6. The van der Waals surface area contributed by atoms with Gasteiger partial charge in [0.15, 0.2) is 5.96 Å². The second-order valence-corrected chi connectivity index (χ2v) is 8.53. The molecule has 4 fully saturated rings. The van der Waals surface area contributed by atoms with E-state index >= 15 is 0 Å². The van der Waals surface area contributed by atoms with Crippen LogP contribution in [-0.2, 0) is 4.74 Å². The molecule has 0 amide bonds. The molecule has 4 rings (SSSR count). The number of guanidine groups is 1. The highest BCUT2D eigenvalue weighted by Crippen LogP contribution is 2.47. The molecule has 1 N–H and O–H groups in total. The first-order valence-electron chi connectivity index (χ1n) is 10.6. The molecule has 4 atom stereocenters. The highest BCUT2D eigenvalue weighted by Gasteiger charge is 2.53. The smallest absolute Gasteiger partial charge is 0.193 e. The van der Waals surface area contributed by atoms with E-state index in [9.17, 15) is 0 Å². The zero-order valence-corrected chi connectivity index (χ0v) is 16.1. The Morgan fingerprint density at radius 2 is 1.76 bits per heavy atom. The van der Waals surface area contributed by atoms with Crippen molar-refractivity contribution in [3.8, 4) is 0 Å². The lowest BCUT2D eigenvalue weighted by Gasteiger charge is -2.31. The van der Waals surface area contributed by atoms with Crippen LogP contribution in [0, 0.1) is 11.8 Å². The molecular formula is C20H36N4O. The molecule has 25 heavy (non-hydrogen) atoms. The maximum Gasteiger partial charge on any atom is 0.193 e. The Hall–Kier alpha value is -0.810. The summed E-state index contributed by atoms with van der Waals surface area (Å²) in [4.78, 5) is 10.0. The molecule has 4 aliphatic rings. The third-order valence-corrected chi connectivity index (χ3v) is 7.00. The zero-order valence-electron chi connectivity index (χ0n) is 16.1. The maximum atomic E-state index is 6.11. The summed E-state index contributed by atoms with van der Waals surface area (Å²) < 4.78 is 6.11. The second kappa shape index (κ2) is 7.83. The Balaban J connectivity index is 1.31. The van der Waals surface area contributed by atoms with Crippen molar-refractivity contribution < 1.29 is 4.74 Å². The lowest BCUT2D eigenvalue weighted by atomic mass is 9.82. The number of hydrogen-bond donors (Lipinski definition) is 1. The van der Waals surface area contributed by atoms with Gasteiger partial charge in [0.05, 0.1) is 18.8 Å². The van der Waals surface area contributed by atoms with Crippen LogP contribution < -0.4 is 5.32 Å². The predicted molar refractivity (Wildman–Crippen MR) is 102 cm³/mol. The molecule has 1 saturated carbocycles. The van der Waals surface area contributed by atoms with Crippen molar-refractivity contribution in [2.45, 2.75) is 70.1 Å². The van der Waals surface area contributed by atoms with Crippen molar-refractivity contribution in [2.24, 2.45) is 16.8 Å². The van der Waals surface area contributed by atoms with E-state index in [0.29, 0.717) is 12.2 Å². The number of likely N-dealkylation sites (N-methyl/N-ethyl adjacent to an activating group) is 1.